The number of methoxy groups -OCH3 is 1. The van der Waals surface area contributed by atoms with Crippen molar-refractivity contribution in [2.24, 2.45) is 0 Å². The Morgan fingerprint density at radius 3 is 2.57 bits per heavy atom. The van der Waals surface area contributed by atoms with Crippen LogP contribution in [0.15, 0.2) is 53.4 Å². The number of thioether (sulfide) groups is 1. The fourth-order valence-corrected chi connectivity index (χ4v) is 3.51. The van der Waals surface area contributed by atoms with Gasteiger partial charge in [0.25, 0.3) is 5.91 Å². The molecular formula is C17H13NO3S2. The molecule has 1 aliphatic heterocycles. The van der Waals surface area contributed by atoms with Gasteiger partial charge in [-0.25, -0.2) is 0 Å². The van der Waals surface area contributed by atoms with Gasteiger partial charge < -0.3 is 9.84 Å². The highest BCUT2D eigenvalue weighted by Crippen LogP contribution is 2.37. The topological polar surface area (TPSA) is 49.8 Å². The van der Waals surface area contributed by atoms with Gasteiger partial charge in [0.05, 0.1) is 17.7 Å². The van der Waals surface area contributed by atoms with Crippen LogP contribution in [0.2, 0.25) is 0 Å². The van der Waals surface area contributed by atoms with E-state index in [1.807, 2.05) is 24.3 Å². The van der Waals surface area contributed by atoms with Crippen molar-refractivity contribution in [1.29, 1.82) is 0 Å². The number of nitrogens with zero attached hydrogens (tertiary/aromatic N) is 1. The summed E-state index contributed by atoms with van der Waals surface area (Å²) in [6.07, 6.45) is 1.78. The molecule has 2 aromatic rings. The Hall–Kier alpha value is -2.31. The van der Waals surface area contributed by atoms with Crippen molar-refractivity contribution in [3.63, 3.8) is 0 Å². The van der Waals surface area contributed by atoms with Gasteiger partial charge in [0.2, 0.25) is 0 Å². The van der Waals surface area contributed by atoms with Gasteiger partial charge in [0, 0.05) is 5.56 Å². The number of hydrogen-bond acceptors (Lipinski definition) is 5. The highest BCUT2D eigenvalue weighted by molar-refractivity contribution is 8.27. The predicted molar refractivity (Wildman–Crippen MR) is 96.8 cm³/mol. The normalized spacial score (nSPS) is 16.2. The standard InChI is InChI=1S/C17H13NO3S2/c1-21-14-5-3-2-4-11(14)10-15-16(20)18(17(22)23-15)12-6-8-13(19)9-7-12/h2-10,19H,1H3/b15-10-. The first-order valence-electron chi connectivity index (χ1n) is 6.80. The molecule has 1 amide bonds. The molecule has 6 heteroatoms. The molecule has 116 valence electrons. The molecule has 4 nitrogen and oxygen atoms in total. The third-order valence-electron chi connectivity index (χ3n) is 3.33. The van der Waals surface area contributed by atoms with Crippen LogP contribution in [0, 0.1) is 0 Å². The van der Waals surface area contributed by atoms with Crippen LogP contribution >= 0.6 is 24.0 Å². The lowest BCUT2D eigenvalue weighted by atomic mass is 10.2. The summed E-state index contributed by atoms with van der Waals surface area (Å²) in [7, 11) is 1.59. The van der Waals surface area contributed by atoms with E-state index >= 15 is 0 Å². The minimum atomic E-state index is -0.184. The summed E-state index contributed by atoms with van der Waals surface area (Å²) in [5, 5.41) is 9.37. The van der Waals surface area contributed by atoms with Gasteiger partial charge in [0.1, 0.15) is 11.5 Å². The number of hydrogen-bond donors (Lipinski definition) is 1. The molecule has 1 aliphatic rings. The van der Waals surface area contributed by atoms with Crippen molar-refractivity contribution in [2.75, 3.05) is 12.0 Å². The minimum Gasteiger partial charge on any atom is -0.508 e. The second-order valence-corrected chi connectivity index (χ2v) is 6.45. The van der Waals surface area contributed by atoms with Crippen molar-refractivity contribution in [3.8, 4) is 11.5 Å². The fourth-order valence-electron chi connectivity index (χ4n) is 2.22. The van der Waals surface area contributed by atoms with Crippen LogP contribution < -0.4 is 9.64 Å². The monoisotopic (exact) mass is 343 g/mol. The third kappa shape index (κ3) is 3.09. The molecule has 0 bridgehead atoms. The van der Waals surface area contributed by atoms with E-state index in [9.17, 15) is 9.90 Å². The largest absolute Gasteiger partial charge is 0.508 e. The number of para-hydroxylation sites is 1. The zero-order chi connectivity index (χ0) is 16.4. The summed E-state index contributed by atoms with van der Waals surface area (Å²) in [6, 6.07) is 13.8. The first-order valence-corrected chi connectivity index (χ1v) is 8.02. The predicted octanol–water partition coefficient (Wildman–Crippen LogP) is 3.81. The molecule has 1 N–H and O–H groups in total. The highest BCUT2D eigenvalue weighted by atomic mass is 32.2. The van der Waals surface area contributed by atoms with E-state index in [0.29, 0.717) is 20.7 Å². The molecule has 1 saturated heterocycles. The van der Waals surface area contributed by atoms with Gasteiger partial charge in [-0.2, -0.15) is 0 Å². The number of aromatic hydroxyl groups is 1. The number of thiocarbonyl (C=S) groups is 1. The highest BCUT2D eigenvalue weighted by Gasteiger charge is 2.33. The summed E-state index contributed by atoms with van der Waals surface area (Å²) in [5.41, 5.74) is 1.45. The Morgan fingerprint density at radius 1 is 1.17 bits per heavy atom. The molecule has 3 rings (SSSR count). The first-order chi connectivity index (χ1) is 11.1. The van der Waals surface area contributed by atoms with Crippen LogP contribution in [-0.2, 0) is 4.79 Å². The summed E-state index contributed by atoms with van der Waals surface area (Å²) in [4.78, 5) is 14.6. The molecular weight excluding hydrogens is 330 g/mol. The van der Waals surface area contributed by atoms with E-state index < -0.39 is 0 Å². The van der Waals surface area contributed by atoms with Crippen molar-refractivity contribution >= 4 is 46.0 Å². The minimum absolute atomic E-state index is 0.142. The lowest BCUT2D eigenvalue weighted by molar-refractivity contribution is -0.113. The Kier molecular flexibility index (Phi) is 4.36. The fraction of sp³-hybridized carbons (Fsp3) is 0.0588. The second-order valence-electron chi connectivity index (χ2n) is 4.78. The molecule has 0 atom stereocenters. The van der Waals surface area contributed by atoms with Crippen molar-refractivity contribution in [3.05, 3.63) is 59.0 Å². The van der Waals surface area contributed by atoms with Crippen LogP contribution in [0.1, 0.15) is 5.56 Å². The van der Waals surface area contributed by atoms with Crippen molar-refractivity contribution in [2.45, 2.75) is 0 Å². The van der Waals surface area contributed by atoms with Crippen LogP contribution in [-0.4, -0.2) is 22.4 Å². The number of carbonyl (C=O) groups is 1. The second kappa shape index (κ2) is 6.44. The van der Waals surface area contributed by atoms with Crippen LogP contribution in [0.3, 0.4) is 0 Å². The Balaban J connectivity index is 1.95. The number of rotatable bonds is 3. The number of ether oxygens (including phenoxy) is 1. The van der Waals surface area contributed by atoms with E-state index in [1.165, 1.54) is 28.8 Å². The van der Waals surface area contributed by atoms with E-state index in [0.717, 1.165) is 5.56 Å². The quantitative estimate of drug-likeness (QED) is 0.678. The number of phenols is 1. The van der Waals surface area contributed by atoms with E-state index in [2.05, 4.69) is 0 Å². The Morgan fingerprint density at radius 2 is 1.87 bits per heavy atom. The maximum atomic E-state index is 12.7. The molecule has 23 heavy (non-hydrogen) atoms. The molecule has 0 aromatic heterocycles. The average Bonchev–Trinajstić information content (AvgIpc) is 2.83. The number of benzene rings is 2. The van der Waals surface area contributed by atoms with Crippen LogP contribution in [0.5, 0.6) is 11.5 Å². The van der Waals surface area contributed by atoms with E-state index in [-0.39, 0.29) is 11.7 Å². The number of carbonyl (C=O) groups excluding carboxylic acids is 1. The molecule has 2 aromatic carbocycles. The summed E-state index contributed by atoms with van der Waals surface area (Å²) in [6.45, 7) is 0. The zero-order valence-corrected chi connectivity index (χ0v) is 13.9. The smallest absolute Gasteiger partial charge is 0.270 e. The summed E-state index contributed by atoms with van der Waals surface area (Å²) in [5.74, 6) is 0.655. The van der Waals surface area contributed by atoms with Gasteiger partial charge in [-0.3, -0.25) is 9.69 Å². The molecule has 0 unspecified atom stereocenters. The maximum Gasteiger partial charge on any atom is 0.270 e. The Bertz CT molecular complexity index is 800. The van der Waals surface area contributed by atoms with Crippen LogP contribution in [0.4, 0.5) is 5.69 Å². The van der Waals surface area contributed by atoms with E-state index in [4.69, 9.17) is 17.0 Å². The molecule has 0 aliphatic carbocycles. The molecule has 0 radical (unpaired) electrons. The zero-order valence-electron chi connectivity index (χ0n) is 12.2. The number of anilines is 1. The van der Waals surface area contributed by atoms with E-state index in [1.54, 1.807) is 25.3 Å². The lowest BCUT2D eigenvalue weighted by Gasteiger charge is -2.14. The molecule has 1 fully saturated rings. The van der Waals surface area contributed by atoms with Gasteiger partial charge in [0.15, 0.2) is 4.32 Å². The van der Waals surface area contributed by atoms with Crippen molar-refractivity contribution in [1.82, 2.24) is 0 Å². The average molecular weight is 343 g/mol. The number of amides is 1. The molecule has 0 spiro atoms. The molecule has 0 saturated carbocycles. The SMILES string of the molecule is COc1ccccc1/C=C1\SC(=S)N(c2ccc(O)cc2)C1=O. The van der Waals surface area contributed by atoms with Gasteiger partial charge in [-0.15, -0.1) is 0 Å². The van der Waals surface area contributed by atoms with Crippen LogP contribution in [0.25, 0.3) is 6.08 Å². The maximum absolute atomic E-state index is 12.7. The third-order valence-corrected chi connectivity index (χ3v) is 4.63. The number of phenolic OH excluding ortho intramolecular Hbond substituents is 1. The van der Waals surface area contributed by atoms with Gasteiger partial charge >= 0.3 is 0 Å². The lowest BCUT2D eigenvalue weighted by Crippen LogP contribution is -2.27. The summed E-state index contributed by atoms with van der Waals surface area (Å²) >= 11 is 6.57. The van der Waals surface area contributed by atoms with Crippen molar-refractivity contribution < 1.29 is 14.6 Å². The van der Waals surface area contributed by atoms with Gasteiger partial charge in [-0.1, -0.05) is 42.2 Å². The Labute approximate surface area is 143 Å². The van der Waals surface area contributed by atoms with Gasteiger partial charge in [-0.05, 0) is 36.4 Å². The first kappa shape index (κ1) is 15.6. The molecule has 1 heterocycles. The summed E-state index contributed by atoms with van der Waals surface area (Å²) < 4.78 is 5.76.